The van der Waals surface area contributed by atoms with Crippen molar-refractivity contribution in [3.05, 3.63) is 35.9 Å². The summed E-state index contributed by atoms with van der Waals surface area (Å²) < 4.78 is 17.1. The molecule has 2 amide bonds. The van der Waals surface area contributed by atoms with Crippen LogP contribution in [0.3, 0.4) is 0 Å². The molecule has 216 valence electrons. The van der Waals surface area contributed by atoms with Crippen LogP contribution in [0.1, 0.15) is 41.0 Å². The van der Waals surface area contributed by atoms with Gasteiger partial charge in [-0.2, -0.15) is 0 Å². The summed E-state index contributed by atoms with van der Waals surface area (Å²) in [6.07, 6.45) is 3.22. The number of thioether (sulfide) groups is 1. The quantitative estimate of drug-likeness (QED) is 0.116. The Hall–Kier alpha value is -2.37. The molecule has 9 nitrogen and oxygen atoms in total. The number of β-lactam (4-membered cyclic amide) rings is 1. The van der Waals surface area contributed by atoms with Crippen molar-refractivity contribution in [1.29, 1.82) is 0 Å². The summed E-state index contributed by atoms with van der Waals surface area (Å²) in [5.74, 6) is -1.26. The Morgan fingerprint density at radius 3 is 2.36 bits per heavy atom. The van der Waals surface area contributed by atoms with E-state index in [2.05, 4.69) is 47.0 Å². The Bertz CT molecular complexity index is 1050. The van der Waals surface area contributed by atoms with Gasteiger partial charge in [0.05, 0.1) is 24.1 Å². The maximum absolute atomic E-state index is 13.5. The summed E-state index contributed by atoms with van der Waals surface area (Å²) >= 11 is 1.44. The summed E-state index contributed by atoms with van der Waals surface area (Å²) in [5, 5.41) is -0.172. The fourth-order valence-electron chi connectivity index (χ4n) is 5.22. The number of amides is 2. The molecule has 3 heterocycles. The van der Waals surface area contributed by atoms with Gasteiger partial charge >= 0.3 is 12.1 Å². The van der Waals surface area contributed by atoms with Gasteiger partial charge < -0.3 is 23.6 Å². The van der Waals surface area contributed by atoms with Crippen LogP contribution < -0.4 is 0 Å². The third-order valence-corrected chi connectivity index (χ3v) is 14.3. The van der Waals surface area contributed by atoms with Gasteiger partial charge in [-0.25, -0.2) is 9.59 Å². The van der Waals surface area contributed by atoms with Gasteiger partial charge in [-0.15, -0.1) is 11.8 Å². The largest absolute Gasteiger partial charge is 0.457 e. The van der Waals surface area contributed by atoms with Gasteiger partial charge in [0.1, 0.15) is 25.2 Å². The van der Waals surface area contributed by atoms with Crippen LogP contribution in [-0.2, 0) is 28.3 Å². The second kappa shape index (κ2) is 12.0. The highest BCUT2D eigenvalue weighted by molar-refractivity contribution is 8.03. The van der Waals surface area contributed by atoms with E-state index < -0.39 is 26.4 Å². The third-order valence-electron chi connectivity index (χ3n) is 8.22. The van der Waals surface area contributed by atoms with Crippen LogP contribution >= 0.6 is 11.8 Å². The monoisotopic (exact) mass is 578 g/mol. The highest BCUT2D eigenvalue weighted by Crippen LogP contribution is 2.53. The first-order valence-corrected chi connectivity index (χ1v) is 17.2. The molecule has 3 aliphatic heterocycles. The van der Waals surface area contributed by atoms with Crippen molar-refractivity contribution < 1.29 is 33.1 Å². The zero-order valence-electron chi connectivity index (χ0n) is 24.1. The van der Waals surface area contributed by atoms with Crippen LogP contribution in [0.4, 0.5) is 4.79 Å². The van der Waals surface area contributed by atoms with E-state index in [1.165, 1.54) is 28.8 Å². The molecule has 0 aromatic rings. The second-order valence-corrected chi connectivity index (χ2v) is 18.0. The summed E-state index contributed by atoms with van der Waals surface area (Å²) in [6, 6.07) is -0.860. The molecule has 0 radical (unpaired) electrons. The number of carbonyl (C=O) groups excluding carboxylic acids is 4. The molecule has 0 aromatic heterocycles. The average Bonchev–Trinajstić information content (AvgIpc) is 3.37. The van der Waals surface area contributed by atoms with E-state index in [9.17, 15) is 19.2 Å². The zero-order valence-corrected chi connectivity index (χ0v) is 25.9. The highest BCUT2D eigenvalue weighted by Gasteiger charge is 2.61. The zero-order chi connectivity index (χ0) is 29.3. The number of ether oxygens (including phenoxy) is 2. The Morgan fingerprint density at radius 2 is 1.79 bits per heavy atom. The van der Waals surface area contributed by atoms with Crippen molar-refractivity contribution in [3.63, 3.8) is 0 Å². The molecule has 0 saturated carbocycles. The first-order valence-electron chi connectivity index (χ1n) is 13.4. The maximum atomic E-state index is 13.5. The molecule has 0 spiro atoms. The van der Waals surface area contributed by atoms with Crippen LogP contribution in [-0.4, -0.2) is 85.6 Å². The Balaban J connectivity index is 1.86. The molecule has 39 heavy (non-hydrogen) atoms. The van der Waals surface area contributed by atoms with Gasteiger partial charge in [0.25, 0.3) is 0 Å². The van der Waals surface area contributed by atoms with Crippen molar-refractivity contribution in [2.24, 2.45) is 11.8 Å². The molecule has 3 aliphatic rings. The molecule has 0 N–H and O–H groups in total. The van der Waals surface area contributed by atoms with E-state index in [4.69, 9.17) is 13.9 Å². The van der Waals surface area contributed by atoms with Gasteiger partial charge in [0.2, 0.25) is 5.91 Å². The molecule has 2 fully saturated rings. The number of fused-ring (bicyclic) bond motifs is 1. The molecule has 2 saturated heterocycles. The maximum Gasteiger partial charge on any atom is 0.410 e. The van der Waals surface area contributed by atoms with E-state index in [1.807, 2.05) is 13.8 Å². The van der Waals surface area contributed by atoms with E-state index in [0.717, 1.165) is 11.2 Å². The summed E-state index contributed by atoms with van der Waals surface area (Å²) in [4.78, 5) is 54.7. The lowest BCUT2D eigenvalue weighted by atomic mass is 9.79. The van der Waals surface area contributed by atoms with Crippen molar-refractivity contribution in [1.82, 2.24) is 9.80 Å². The van der Waals surface area contributed by atoms with Gasteiger partial charge in [0.15, 0.2) is 8.32 Å². The molecular weight excluding hydrogens is 536 g/mol. The first kappa shape index (κ1) is 31.2. The first-order chi connectivity index (χ1) is 18.2. The van der Waals surface area contributed by atoms with Gasteiger partial charge in [-0.3, -0.25) is 9.69 Å². The number of rotatable bonds is 11. The molecular formula is C28H42N2O7SSi. The molecule has 0 unspecified atom stereocenters. The number of nitrogens with zero attached hydrogens (tertiary/aromatic N) is 2. The van der Waals surface area contributed by atoms with E-state index in [1.54, 1.807) is 4.90 Å². The minimum Gasteiger partial charge on any atom is -0.457 e. The topological polar surface area (TPSA) is 102 Å². The van der Waals surface area contributed by atoms with E-state index in [-0.39, 0.29) is 65.6 Å². The average molecular weight is 579 g/mol. The summed E-state index contributed by atoms with van der Waals surface area (Å²) in [7, 11) is -2.13. The van der Waals surface area contributed by atoms with Gasteiger partial charge in [-0.1, -0.05) is 53.0 Å². The molecule has 6 atom stereocenters. The predicted molar refractivity (Wildman–Crippen MR) is 153 cm³/mol. The Morgan fingerprint density at radius 1 is 1.18 bits per heavy atom. The number of hydrogen-bond acceptors (Lipinski definition) is 8. The molecule has 0 aromatic carbocycles. The van der Waals surface area contributed by atoms with Crippen LogP contribution in [0.5, 0.6) is 0 Å². The normalized spacial score (nSPS) is 27.6. The van der Waals surface area contributed by atoms with E-state index in [0.29, 0.717) is 6.42 Å². The number of aldehydes is 1. The van der Waals surface area contributed by atoms with Crippen molar-refractivity contribution >= 4 is 44.3 Å². The Labute approximate surface area is 237 Å². The number of carbonyl (C=O) groups is 4. The lowest BCUT2D eigenvalue weighted by Crippen LogP contribution is -2.65. The molecule has 0 bridgehead atoms. The minimum atomic E-state index is -2.13. The minimum absolute atomic E-state index is 0.00968. The predicted octanol–water partition coefficient (Wildman–Crippen LogP) is 4.51. The van der Waals surface area contributed by atoms with E-state index >= 15 is 0 Å². The molecule has 11 heteroatoms. The number of esters is 1. The third kappa shape index (κ3) is 6.05. The van der Waals surface area contributed by atoms with Crippen LogP contribution in [0.15, 0.2) is 35.9 Å². The Kier molecular flexibility index (Phi) is 9.60. The van der Waals surface area contributed by atoms with Crippen LogP contribution in [0, 0.1) is 11.8 Å². The fraction of sp³-hybridized carbons (Fsp3) is 0.643. The van der Waals surface area contributed by atoms with Crippen LogP contribution in [0.2, 0.25) is 18.1 Å². The fourth-order valence-corrected chi connectivity index (χ4v) is 8.18. The highest BCUT2D eigenvalue weighted by atomic mass is 32.2. The smallest absolute Gasteiger partial charge is 0.410 e. The SMILES string of the molecule is C=CCOC(=O)C1=C(S[C@H]2C[C@@H](C=O)N(C(=O)OCC=C)C2)[C@H](C)[C@@H]2[C@@H]([C@@H](C)O[Si](C)(C)C(C)(C)C)C(=O)N12. The second-order valence-electron chi connectivity index (χ2n) is 11.9. The van der Waals surface area contributed by atoms with Gasteiger partial charge in [-0.05, 0) is 31.5 Å². The number of hydrogen-bond donors (Lipinski definition) is 0. The molecule has 0 aliphatic carbocycles. The van der Waals surface area contributed by atoms with Crippen molar-refractivity contribution in [3.8, 4) is 0 Å². The summed E-state index contributed by atoms with van der Waals surface area (Å²) in [6.45, 7) is 22.3. The van der Waals surface area contributed by atoms with Crippen molar-refractivity contribution in [2.75, 3.05) is 19.8 Å². The van der Waals surface area contributed by atoms with Crippen LogP contribution in [0.25, 0.3) is 0 Å². The van der Waals surface area contributed by atoms with Gasteiger partial charge in [0, 0.05) is 22.6 Å². The lowest BCUT2D eigenvalue weighted by Gasteiger charge is -2.50. The molecule has 3 rings (SSSR count). The number of likely N-dealkylation sites (tertiary alicyclic amines) is 1. The summed E-state index contributed by atoms with van der Waals surface area (Å²) in [5.41, 5.74) is 0.246. The lowest BCUT2D eigenvalue weighted by molar-refractivity contribution is -0.163. The standard InChI is InChI=1S/C28H42N2O7SSi/c1-10-12-35-26(33)23-24(38-20-14-19(16-31)29(15-20)27(34)36-13-11-2)17(3)22-21(25(32)30(22)23)18(4)37-39(8,9)28(5,6)7/h10-11,16-22H,1-2,12-15H2,3-9H3/t17-,18-,19+,20+,21-,22-/m1/s1. The van der Waals surface area contributed by atoms with Crippen molar-refractivity contribution in [2.45, 2.75) is 82.6 Å².